The molecule has 5 nitrogen and oxygen atoms in total. The number of ether oxygens (including phenoxy) is 1. The highest BCUT2D eigenvalue weighted by atomic mass is 35.5. The van der Waals surface area contributed by atoms with E-state index in [1.807, 2.05) is 0 Å². The second-order valence-electron chi connectivity index (χ2n) is 5.32. The van der Waals surface area contributed by atoms with Gasteiger partial charge in [0.25, 0.3) is 0 Å². The molecular weight excluding hydrogens is 335 g/mol. The number of nitrogens with zero attached hydrogens (tertiary/aromatic N) is 1. The molecule has 2 aliphatic rings. The molecule has 1 aromatic carbocycles. The Kier molecular flexibility index (Phi) is 4.20. The van der Waals surface area contributed by atoms with Gasteiger partial charge in [-0.15, -0.1) is 0 Å². The summed E-state index contributed by atoms with van der Waals surface area (Å²) in [5, 5.41) is 0.493. The fourth-order valence-corrected chi connectivity index (χ4v) is 5.29. The Hall–Kier alpha value is -0.370. The Bertz CT molecular complexity index is 654. The molecule has 0 spiro atoms. The number of halogens is 2. The molecule has 2 bridgehead atoms. The third-order valence-electron chi connectivity index (χ3n) is 3.98. The Morgan fingerprint density at radius 1 is 1.24 bits per heavy atom. The fraction of sp³-hybridized carbons (Fsp3) is 0.538. The zero-order chi connectivity index (χ0) is 15.2. The number of hydrogen-bond acceptors (Lipinski definition) is 4. The van der Waals surface area contributed by atoms with E-state index < -0.39 is 10.0 Å². The lowest BCUT2D eigenvalue weighted by Gasteiger charge is -2.31. The topological polar surface area (TPSA) is 72.6 Å². The maximum Gasteiger partial charge on any atom is 0.244 e. The van der Waals surface area contributed by atoms with Crippen LogP contribution in [0.2, 0.25) is 10.0 Å². The molecule has 8 heteroatoms. The molecule has 0 amide bonds. The van der Waals surface area contributed by atoms with Gasteiger partial charge in [0.15, 0.2) is 0 Å². The first-order chi connectivity index (χ1) is 9.93. The maximum absolute atomic E-state index is 12.8. The molecule has 2 N–H and O–H groups in total. The molecule has 0 radical (unpaired) electrons. The minimum atomic E-state index is -3.66. The van der Waals surface area contributed by atoms with E-state index in [1.165, 1.54) is 16.4 Å². The van der Waals surface area contributed by atoms with Gasteiger partial charge >= 0.3 is 0 Å². The average Bonchev–Trinajstić information content (AvgIpc) is 2.77. The highest BCUT2D eigenvalue weighted by Gasteiger charge is 2.40. The molecule has 2 atom stereocenters. The van der Waals surface area contributed by atoms with Crippen molar-refractivity contribution in [2.45, 2.75) is 36.5 Å². The van der Waals surface area contributed by atoms with Gasteiger partial charge in [0.1, 0.15) is 4.90 Å². The molecule has 2 heterocycles. The van der Waals surface area contributed by atoms with Crippen molar-refractivity contribution in [3.63, 3.8) is 0 Å². The van der Waals surface area contributed by atoms with Crippen LogP contribution in [0.1, 0.15) is 18.4 Å². The molecule has 2 fully saturated rings. The molecule has 2 unspecified atom stereocenters. The summed E-state index contributed by atoms with van der Waals surface area (Å²) in [6.45, 7) is 0.834. The monoisotopic (exact) mass is 350 g/mol. The van der Waals surface area contributed by atoms with Crippen molar-refractivity contribution in [1.82, 2.24) is 4.31 Å². The third-order valence-corrected chi connectivity index (χ3v) is 6.75. The molecule has 116 valence electrons. The predicted molar refractivity (Wildman–Crippen MR) is 81.0 cm³/mol. The Morgan fingerprint density at radius 3 is 2.43 bits per heavy atom. The molecule has 1 aromatic rings. The maximum atomic E-state index is 12.8. The normalized spacial score (nSPS) is 26.2. The minimum absolute atomic E-state index is 0.0152. The number of nitrogens with two attached hydrogens (primary N) is 1. The third kappa shape index (κ3) is 2.69. The predicted octanol–water partition coefficient (Wildman–Crippen LogP) is 2.00. The van der Waals surface area contributed by atoms with Crippen molar-refractivity contribution in [3.05, 3.63) is 27.7 Å². The van der Waals surface area contributed by atoms with Gasteiger partial charge in [-0.1, -0.05) is 23.2 Å². The molecule has 21 heavy (non-hydrogen) atoms. The summed E-state index contributed by atoms with van der Waals surface area (Å²) in [6.07, 6.45) is 1.77. The number of sulfonamides is 1. The van der Waals surface area contributed by atoms with Gasteiger partial charge in [-0.05, 0) is 25.0 Å². The Labute approximate surface area is 134 Å². The number of rotatable bonds is 3. The van der Waals surface area contributed by atoms with Crippen molar-refractivity contribution in [1.29, 1.82) is 0 Å². The first-order valence-corrected chi connectivity index (χ1v) is 8.95. The summed E-state index contributed by atoms with van der Waals surface area (Å²) in [5.74, 6) is 0. The van der Waals surface area contributed by atoms with Gasteiger partial charge < -0.3 is 10.5 Å². The number of morpholine rings is 1. The number of benzene rings is 1. The van der Waals surface area contributed by atoms with E-state index in [4.69, 9.17) is 33.7 Å². The summed E-state index contributed by atoms with van der Waals surface area (Å²) in [7, 11) is -3.66. The van der Waals surface area contributed by atoms with Gasteiger partial charge in [-0.2, -0.15) is 4.31 Å². The smallest absolute Gasteiger partial charge is 0.244 e. The van der Waals surface area contributed by atoms with Gasteiger partial charge in [0, 0.05) is 30.2 Å². The van der Waals surface area contributed by atoms with Crippen molar-refractivity contribution in [3.8, 4) is 0 Å². The van der Waals surface area contributed by atoms with E-state index in [1.54, 1.807) is 0 Å². The van der Waals surface area contributed by atoms with Gasteiger partial charge in [-0.25, -0.2) is 8.42 Å². The van der Waals surface area contributed by atoms with Gasteiger partial charge in [0.2, 0.25) is 10.0 Å². The van der Waals surface area contributed by atoms with Crippen molar-refractivity contribution >= 4 is 33.2 Å². The van der Waals surface area contributed by atoms with Crippen molar-refractivity contribution in [2.24, 2.45) is 5.73 Å². The highest BCUT2D eigenvalue weighted by molar-refractivity contribution is 7.89. The summed E-state index contributed by atoms with van der Waals surface area (Å²) >= 11 is 12.2. The second-order valence-corrected chi connectivity index (χ2v) is 8.01. The van der Waals surface area contributed by atoms with Crippen LogP contribution in [0.15, 0.2) is 17.0 Å². The zero-order valence-electron chi connectivity index (χ0n) is 11.3. The lowest BCUT2D eigenvalue weighted by Crippen LogP contribution is -2.45. The highest BCUT2D eigenvalue weighted by Crippen LogP contribution is 2.35. The summed E-state index contributed by atoms with van der Waals surface area (Å²) < 4.78 is 32.7. The summed E-state index contributed by atoms with van der Waals surface area (Å²) in [6, 6.07) is 2.97. The van der Waals surface area contributed by atoms with E-state index >= 15 is 0 Å². The SMILES string of the molecule is NCc1c(Cl)ccc(S(=O)(=O)N2CC3CCC(C2)O3)c1Cl. The zero-order valence-corrected chi connectivity index (χ0v) is 13.6. The quantitative estimate of drug-likeness (QED) is 0.904. The van der Waals surface area contributed by atoms with E-state index in [0.29, 0.717) is 23.7 Å². The molecule has 2 aliphatic heterocycles. The molecule has 0 aliphatic carbocycles. The van der Waals surface area contributed by atoms with Crippen LogP contribution >= 0.6 is 23.2 Å². The molecule has 2 saturated heterocycles. The Morgan fingerprint density at radius 2 is 1.86 bits per heavy atom. The lowest BCUT2D eigenvalue weighted by atomic mass is 10.2. The van der Waals surface area contributed by atoms with Crippen LogP contribution in [0.5, 0.6) is 0 Å². The molecule has 3 rings (SSSR count). The van der Waals surface area contributed by atoms with Crippen LogP contribution in [0.3, 0.4) is 0 Å². The van der Waals surface area contributed by atoms with Crippen molar-refractivity contribution in [2.75, 3.05) is 13.1 Å². The van der Waals surface area contributed by atoms with Crippen LogP contribution in [0, 0.1) is 0 Å². The fourth-order valence-electron chi connectivity index (χ4n) is 2.88. The standard InChI is InChI=1S/C13H16Cl2N2O3S/c14-11-3-4-12(13(15)10(11)5-16)21(18,19)17-6-8-1-2-9(7-17)20-8/h3-4,8-9H,1-2,5-7,16H2. The van der Waals surface area contributed by atoms with Crippen LogP contribution in [-0.4, -0.2) is 38.0 Å². The molecule has 0 aromatic heterocycles. The van der Waals surface area contributed by atoms with E-state index in [-0.39, 0.29) is 28.7 Å². The van der Waals surface area contributed by atoms with Gasteiger partial charge in [-0.3, -0.25) is 0 Å². The van der Waals surface area contributed by atoms with E-state index in [2.05, 4.69) is 0 Å². The van der Waals surface area contributed by atoms with Crippen LogP contribution in [0.25, 0.3) is 0 Å². The van der Waals surface area contributed by atoms with Crippen LogP contribution in [-0.2, 0) is 21.3 Å². The first-order valence-electron chi connectivity index (χ1n) is 6.76. The largest absolute Gasteiger partial charge is 0.372 e. The van der Waals surface area contributed by atoms with Crippen molar-refractivity contribution < 1.29 is 13.2 Å². The average molecular weight is 351 g/mol. The second kappa shape index (κ2) is 5.68. The lowest BCUT2D eigenvalue weighted by molar-refractivity contribution is -0.0114. The first kappa shape index (κ1) is 15.5. The summed E-state index contributed by atoms with van der Waals surface area (Å²) in [4.78, 5) is 0.0651. The molecular formula is C13H16Cl2N2O3S. The van der Waals surface area contributed by atoms with Crippen LogP contribution in [0.4, 0.5) is 0 Å². The number of fused-ring (bicyclic) bond motifs is 2. The molecule has 0 saturated carbocycles. The summed E-state index contributed by atoms with van der Waals surface area (Å²) in [5.41, 5.74) is 6.05. The van der Waals surface area contributed by atoms with E-state index in [9.17, 15) is 8.42 Å². The Balaban J connectivity index is 1.99. The van der Waals surface area contributed by atoms with E-state index in [0.717, 1.165) is 12.8 Å². The van der Waals surface area contributed by atoms with Gasteiger partial charge in [0.05, 0.1) is 17.2 Å². The minimum Gasteiger partial charge on any atom is -0.372 e. The van der Waals surface area contributed by atoms with Crippen LogP contribution < -0.4 is 5.73 Å². The number of hydrogen-bond donors (Lipinski definition) is 1.